The van der Waals surface area contributed by atoms with Gasteiger partial charge in [0.15, 0.2) is 0 Å². The minimum Gasteiger partial charge on any atom is -0.310 e. The van der Waals surface area contributed by atoms with Gasteiger partial charge in [0.2, 0.25) is 0 Å². The molecular weight excluding hydrogens is 166 g/mol. The number of hydrogen-bond donors (Lipinski definition) is 1. The zero-order valence-corrected chi connectivity index (χ0v) is 8.91. The van der Waals surface area contributed by atoms with E-state index < -0.39 is 0 Å². The maximum absolute atomic E-state index is 4.04. The van der Waals surface area contributed by atoms with Crippen LogP contribution in [-0.2, 0) is 0 Å². The van der Waals surface area contributed by atoms with Crippen LogP contribution in [0.1, 0.15) is 26.7 Å². The topological polar surface area (TPSA) is 12.0 Å². The molecule has 1 aliphatic carbocycles. The summed E-state index contributed by atoms with van der Waals surface area (Å²) in [5.74, 6) is 1.11. The lowest BCUT2D eigenvalue weighted by Crippen LogP contribution is -2.19. The second-order valence-corrected chi connectivity index (χ2v) is 5.33. The van der Waals surface area contributed by atoms with Crippen molar-refractivity contribution in [3.8, 4) is 0 Å². The smallest absolute Gasteiger partial charge is 0.0172 e. The molecule has 1 saturated carbocycles. The van der Waals surface area contributed by atoms with Crippen molar-refractivity contribution in [2.24, 2.45) is 0 Å². The van der Waals surface area contributed by atoms with Gasteiger partial charge in [0.25, 0.3) is 0 Å². The second kappa shape index (κ2) is 4.93. The molecule has 0 radical (unpaired) electrons. The summed E-state index contributed by atoms with van der Waals surface area (Å²) in [5.41, 5.74) is 1.33. The third-order valence-corrected chi connectivity index (χ3v) is 3.08. The van der Waals surface area contributed by atoms with Crippen molar-refractivity contribution >= 4 is 11.8 Å². The number of rotatable bonds is 6. The van der Waals surface area contributed by atoms with Crippen molar-refractivity contribution in [1.29, 1.82) is 0 Å². The van der Waals surface area contributed by atoms with Crippen molar-refractivity contribution < 1.29 is 0 Å². The predicted molar refractivity (Wildman–Crippen MR) is 57.8 cm³/mol. The largest absolute Gasteiger partial charge is 0.310 e. The molecule has 70 valence electrons. The molecular formula is C10H19NS. The SMILES string of the molecule is C=C(CNC1CC1)CSC(C)C. The minimum absolute atomic E-state index is 0.725. The summed E-state index contributed by atoms with van der Waals surface area (Å²) in [4.78, 5) is 0. The molecule has 1 fully saturated rings. The summed E-state index contributed by atoms with van der Waals surface area (Å²) >= 11 is 1.97. The van der Waals surface area contributed by atoms with Crippen LogP contribution < -0.4 is 5.32 Å². The zero-order chi connectivity index (χ0) is 8.97. The van der Waals surface area contributed by atoms with Crippen LogP contribution in [0.2, 0.25) is 0 Å². The fraction of sp³-hybridized carbons (Fsp3) is 0.800. The lowest BCUT2D eigenvalue weighted by atomic mass is 10.3. The molecule has 1 rings (SSSR count). The van der Waals surface area contributed by atoms with E-state index in [1.807, 2.05) is 11.8 Å². The molecule has 0 aromatic carbocycles. The van der Waals surface area contributed by atoms with E-state index in [2.05, 4.69) is 25.7 Å². The van der Waals surface area contributed by atoms with E-state index in [0.29, 0.717) is 0 Å². The van der Waals surface area contributed by atoms with E-state index in [-0.39, 0.29) is 0 Å². The van der Waals surface area contributed by atoms with E-state index in [1.54, 1.807) is 0 Å². The Morgan fingerprint density at radius 1 is 1.58 bits per heavy atom. The molecule has 0 atom stereocenters. The first-order valence-electron chi connectivity index (χ1n) is 4.70. The third-order valence-electron chi connectivity index (χ3n) is 1.84. The molecule has 0 aromatic rings. The molecule has 1 aliphatic rings. The van der Waals surface area contributed by atoms with Gasteiger partial charge in [0.1, 0.15) is 0 Å². The summed E-state index contributed by atoms with van der Waals surface area (Å²) in [7, 11) is 0. The highest BCUT2D eigenvalue weighted by Crippen LogP contribution is 2.19. The Hall–Kier alpha value is 0.0500. The van der Waals surface area contributed by atoms with Gasteiger partial charge in [-0.15, -0.1) is 0 Å². The number of hydrogen-bond acceptors (Lipinski definition) is 2. The van der Waals surface area contributed by atoms with Gasteiger partial charge in [-0.1, -0.05) is 26.0 Å². The number of nitrogens with one attached hydrogen (secondary N) is 1. The average Bonchev–Trinajstić information content (AvgIpc) is 2.80. The second-order valence-electron chi connectivity index (χ2n) is 3.76. The Labute approximate surface area is 80.0 Å². The molecule has 0 heterocycles. The van der Waals surface area contributed by atoms with Gasteiger partial charge >= 0.3 is 0 Å². The summed E-state index contributed by atoms with van der Waals surface area (Å²) in [6, 6.07) is 0.811. The van der Waals surface area contributed by atoms with Crippen molar-refractivity contribution in [3.05, 3.63) is 12.2 Å². The van der Waals surface area contributed by atoms with E-state index in [4.69, 9.17) is 0 Å². The fourth-order valence-electron chi connectivity index (χ4n) is 0.912. The summed E-state index contributed by atoms with van der Waals surface area (Å²) in [6.07, 6.45) is 2.73. The van der Waals surface area contributed by atoms with Gasteiger partial charge in [-0.2, -0.15) is 11.8 Å². The Bertz CT molecular complexity index is 142. The standard InChI is InChI=1S/C10H19NS/c1-8(2)12-7-9(3)6-11-10-4-5-10/h8,10-11H,3-7H2,1-2H3. The van der Waals surface area contributed by atoms with Crippen LogP contribution in [0.3, 0.4) is 0 Å². The highest BCUT2D eigenvalue weighted by atomic mass is 32.2. The van der Waals surface area contributed by atoms with Crippen LogP contribution in [0.4, 0.5) is 0 Å². The third kappa shape index (κ3) is 4.83. The Morgan fingerprint density at radius 3 is 2.75 bits per heavy atom. The average molecular weight is 185 g/mol. The van der Waals surface area contributed by atoms with Crippen molar-refractivity contribution in [1.82, 2.24) is 5.32 Å². The fourth-order valence-corrected chi connectivity index (χ4v) is 1.58. The summed E-state index contributed by atoms with van der Waals surface area (Å²) < 4.78 is 0. The van der Waals surface area contributed by atoms with Crippen molar-refractivity contribution in [2.45, 2.75) is 38.0 Å². The Balaban J connectivity index is 1.95. The van der Waals surface area contributed by atoms with E-state index >= 15 is 0 Å². The quantitative estimate of drug-likeness (QED) is 0.638. The maximum atomic E-state index is 4.04. The zero-order valence-electron chi connectivity index (χ0n) is 8.10. The van der Waals surface area contributed by atoms with Crippen LogP contribution in [0.25, 0.3) is 0 Å². The van der Waals surface area contributed by atoms with Gasteiger partial charge in [-0.05, 0) is 18.1 Å². The van der Waals surface area contributed by atoms with Crippen LogP contribution in [0.15, 0.2) is 12.2 Å². The molecule has 2 heteroatoms. The number of thioether (sulfide) groups is 1. The maximum Gasteiger partial charge on any atom is 0.0172 e. The summed E-state index contributed by atoms with van der Waals surface area (Å²) in [6.45, 7) is 9.52. The van der Waals surface area contributed by atoms with E-state index in [1.165, 1.54) is 18.4 Å². The molecule has 0 unspecified atom stereocenters. The molecule has 0 saturated heterocycles. The molecule has 12 heavy (non-hydrogen) atoms. The first-order chi connectivity index (χ1) is 5.68. The lowest BCUT2D eigenvalue weighted by Gasteiger charge is -2.08. The molecule has 0 amide bonds. The van der Waals surface area contributed by atoms with Crippen molar-refractivity contribution in [2.75, 3.05) is 12.3 Å². The minimum atomic E-state index is 0.725. The van der Waals surface area contributed by atoms with Gasteiger partial charge < -0.3 is 5.32 Å². The van der Waals surface area contributed by atoms with Crippen LogP contribution in [0.5, 0.6) is 0 Å². The molecule has 1 N–H and O–H groups in total. The van der Waals surface area contributed by atoms with Crippen LogP contribution in [-0.4, -0.2) is 23.6 Å². The Morgan fingerprint density at radius 2 is 2.25 bits per heavy atom. The lowest BCUT2D eigenvalue weighted by molar-refractivity contribution is 0.736. The van der Waals surface area contributed by atoms with Crippen molar-refractivity contribution in [3.63, 3.8) is 0 Å². The highest BCUT2D eigenvalue weighted by Gasteiger charge is 2.19. The predicted octanol–water partition coefficient (Wildman–Crippen LogP) is 2.44. The van der Waals surface area contributed by atoms with Gasteiger partial charge in [-0.3, -0.25) is 0 Å². The van der Waals surface area contributed by atoms with Gasteiger partial charge in [0.05, 0.1) is 0 Å². The molecule has 0 aliphatic heterocycles. The van der Waals surface area contributed by atoms with Gasteiger partial charge in [-0.25, -0.2) is 0 Å². The first-order valence-corrected chi connectivity index (χ1v) is 5.75. The Kier molecular flexibility index (Phi) is 4.16. The van der Waals surface area contributed by atoms with E-state index in [9.17, 15) is 0 Å². The highest BCUT2D eigenvalue weighted by molar-refractivity contribution is 8.00. The summed E-state index contributed by atoms with van der Waals surface area (Å²) in [5, 5.41) is 4.19. The van der Waals surface area contributed by atoms with Gasteiger partial charge in [0, 0.05) is 18.3 Å². The first kappa shape index (κ1) is 10.1. The molecule has 0 bridgehead atoms. The molecule has 0 spiro atoms. The normalized spacial score (nSPS) is 16.9. The molecule has 0 aromatic heterocycles. The van der Waals surface area contributed by atoms with Crippen LogP contribution in [0, 0.1) is 0 Å². The van der Waals surface area contributed by atoms with E-state index in [0.717, 1.165) is 23.6 Å². The monoisotopic (exact) mass is 185 g/mol. The molecule has 1 nitrogen and oxygen atoms in total. The van der Waals surface area contributed by atoms with Crippen LogP contribution >= 0.6 is 11.8 Å².